The van der Waals surface area contributed by atoms with Gasteiger partial charge in [-0.05, 0) is 22.0 Å². The minimum absolute atomic E-state index is 0.462. The van der Waals surface area contributed by atoms with E-state index in [1.54, 1.807) is 12.4 Å². The second-order valence-electron chi connectivity index (χ2n) is 2.66. The van der Waals surface area contributed by atoms with Gasteiger partial charge < -0.3 is 4.98 Å². The molecular weight excluding hydrogens is 246 g/mol. The van der Waals surface area contributed by atoms with Crippen molar-refractivity contribution in [2.24, 2.45) is 0 Å². The Morgan fingerprint density at radius 3 is 2.93 bits per heavy atom. The summed E-state index contributed by atoms with van der Waals surface area (Å²) in [5.74, 6) is 0.654. The fraction of sp³-hybridized carbons (Fsp3) is 0. The number of carbonyl (C=O) groups excluding carboxylic acids is 1. The average molecular weight is 252 g/mol. The van der Waals surface area contributed by atoms with Gasteiger partial charge in [-0.3, -0.25) is 9.78 Å². The summed E-state index contributed by atoms with van der Waals surface area (Å²) in [7, 11) is 0. The molecule has 0 unspecified atom stereocenters. The first-order valence-electron chi connectivity index (χ1n) is 3.91. The minimum atomic E-state index is 0.462. The Labute approximate surface area is 88.5 Å². The number of carbonyl (C=O) groups is 1. The van der Waals surface area contributed by atoms with Crippen LogP contribution in [0.4, 0.5) is 0 Å². The molecule has 0 amide bonds. The summed E-state index contributed by atoms with van der Waals surface area (Å²) in [6.07, 6.45) is 5.57. The molecule has 5 heteroatoms. The van der Waals surface area contributed by atoms with Gasteiger partial charge in [-0.2, -0.15) is 0 Å². The van der Waals surface area contributed by atoms with Gasteiger partial charge in [0.1, 0.15) is 5.82 Å². The largest absolute Gasteiger partial charge is 0.336 e. The van der Waals surface area contributed by atoms with Crippen molar-refractivity contribution in [1.82, 2.24) is 15.0 Å². The molecule has 0 aliphatic rings. The van der Waals surface area contributed by atoms with Gasteiger partial charge in [0.2, 0.25) is 0 Å². The maximum absolute atomic E-state index is 10.4. The number of aldehydes is 1. The number of halogens is 1. The Morgan fingerprint density at radius 1 is 1.43 bits per heavy atom. The van der Waals surface area contributed by atoms with Gasteiger partial charge in [0.15, 0.2) is 6.29 Å². The van der Waals surface area contributed by atoms with Gasteiger partial charge in [-0.1, -0.05) is 0 Å². The number of nitrogens with one attached hydrogen (secondary N) is 1. The number of nitrogens with zero attached hydrogens (tertiary/aromatic N) is 2. The Kier molecular flexibility index (Phi) is 2.41. The second kappa shape index (κ2) is 3.71. The van der Waals surface area contributed by atoms with E-state index in [2.05, 4.69) is 30.9 Å². The molecule has 14 heavy (non-hydrogen) atoms. The lowest BCUT2D eigenvalue weighted by Crippen LogP contribution is -1.84. The maximum Gasteiger partial charge on any atom is 0.167 e. The van der Waals surface area contributed by atoms with Gasteiger partial charge in [0, 0.05) is 22.4 Å². The van der Waals surface area contributed by atoms with Crippen molar-refractivity contribution in [1.29, 1.82) is 0 Å². The predicted octanol–water partition coefficient (Wildman–Crippen LogP) is 2.05. The Balaban J connectivity index is 2.49. The summed E-state index contributed by atoms with van der Waals surface area (Å²) in [5.41, 5.74) is 1.34. The van der Waals surface area contributed by atoms with Gasteiger partial charge in [0.25, 0.3) is 0 Å². The summed E-state index contributed by atoms with van der Waals surface area (Å²) < 4.78 is 0.840. The van der Waals surface area contributed by atoms with Crippen molar-refractivity contribution in [3.8, 4) is 11.4 Å². The molecule has 2 aromatic rings. The van der Waals surface area contributed by atoms with Crippen molar-refractivity contribution >= 4 is 22.2 Å². The van der Waals surface area contributed by atoms with Crippen molar-refractivity contribution in [3.63, 3.8) is 0 Å². The maximum atomic E-state index is 10.4. The average Bonchev–Trinajstić information content (AvgIpc) is 2.67. The van der Waals surface area contributed by atoms with Crippen LogP contribution in [0.3, 0.4) is 0 Å². The molecule has 2 heterocycles. The quantitative estimate of drug-likeness (QED) is 0.832. The van der Waals surface area contributed by atoms with Crippen LogP contribution < -0.4 is 0 Å². The number of rotatable bonds is 2. The molecule has 0 aliphatic carbocycles. The number of H-pyrrole nitrogens is 1. The molecule has 70 valence electrons. The van der Waals surface area contributed by atoms with Crippen LogP contribution in [0, 0.1) is 0 Å². The fourth-order valence-corrected chi connectivity index (χ4v) is 1.54. The zero-order chi connectivity index (χ0) is 9.97. The molecule has 1 N–H and O–H groups in total. The van der Waals surface area contributed by atoms with Crippen LogP contribution >= 0.6 is 15.9 Å². The van der Waals surface area contributed by atoms with Crippen molar-refractivity contribution in [3.05, 3.63) is 34.8 Å². The third-order valence-corrected chi connectivity index (χ3v) is 2.38. The first-order chi connectivity index (χ1) is 6.81. The molecule has 0 fully saturated rings. The smallest absolute Gasteiger partial charge is 0.167 e. The van der Waals surface area contributed by atoms with Crippen LogP contribution in [-0.2, 0) is 0 Å². The second-order valence-corrected chi connectivity index (χ2v) is 3.51. The van der Waals surface area contributed by atoms with Crippen LogP contribution in [-0.4, -0.2) is 21.2 Å². The third kappa shape index (κ3) is 1.58. The van der Waals surface area contributed by atoms with Gasteiger partial charge in [-0.25, -0.2) is 4.98 Å². The first-order valence-corrected chi connectivity index (χ1v) is 4.70. The van der Waals surface area contributed by atoms with E-state index in [-0.39, 0.29) is 0 Å². The van der Waals surface area contributed by atoms with E-state index in [1.165, 1.54) is 6.20 Å². The van der Waals surface area contributed by atoms with Crippen molar-refractivity contribution in [2.45, 2.75) is 0 Å². The molecule has 2 rings (SSSR count). The molecule has 0 spiro atoms. The molecule has 0 bridgehead atoms. The van der Waals surface area contributed by atoms with E-state index in [1.807, 2.05) is 6.07 Å². The van der Waals surface area contributed by atoms with E-state index >= 15 is 0 Å². The van der Waals surface area contributed by atoms with Gasteiger partial charge in [-0.15, -0.1) is 0 Å². The monoisotopic (exact) mass is 251 g/mol. The summed E-state index contributed by atoms with van der Waals surface area (Å²) >= 11 is 3.35. The normalized spacial score (nSPS) is 10.1. The fourth-order valence-electron chi connectivity index (χ4n) is 1.10. The lowest BCUT2D eigenvalue weighted by Gasteiger charge is -1.98. The number of hydrogen-bond donors (Lipinski definition) is 1. The zero-order valence-corrected chi connectivity index (χ0v) is 8.65. The van der Waals surface area contributed by atoms with E-state index in [0.29, 0.717) is 11.5 Å². The number of aromatic amines is 1. The number of imidazole rings is 1. The van der Waals surface area contributed by atoms with Crippen LogP contribution in [0.15, 0.2) is 29.1 Å². The third-order valence-electron chi connectivity index (χ3n) is 1.75. The van der Waals surface area contributed by atoms with Crippen LogP contribution in [0.2, 0.25) is 0 Å². The first kappa shape index (κ1) is 9.08. The highest BCUT2D eigenvalue weighted by Gasteiger charge is 2.06. The molecule has 2 aromatic heterocycles. The molecule has 0 radical (unpaired) electrons. The van der Waals surface area contributed by atoms with Crippen molar-refractivity contribution in [2.75, 3.05) is 0 Å². The summed E-state index contributed by atoms with van der Waals surface area (Å²) in [4.78, 5) is 21.3. The van der Waals surface area contributed by atoms with E-state index < -0.39 is 0 Å². The lowest BCUT2D eigenvalue weighted by atomic mass is 10.2. The van der Waals surface area contributed by atoms with Crippen molar-refractivity contribution < 1.29 is 4.79 Å². The van der Waals surface area contributed by atoms with Gasteiger partial charge >= 0.3 is 0 Å². The topological polar surface area (TPSA) is 58.6 Å². The number of aromatic nitrogens is 3. The lowest BCUT2D eigenvalue weighted by molar-refractivity contribution is 0.111. The molecule has 4 nitrogen and oxygen atoms in total. The molecule has 0 aromatic carbocycles. The van der Waals surface area contributed by atoms with Gasteiger partial charge in [0.05, 0.1) is 11.9 Å². The summed E-state index contributed by atoms with van der Waals surface area (Å²) in [6.45, 7) is 0. The van der Waals surface area contributed by atoms with E-state index in [9.17, 15) is 4.79 Å². The number of hydrogen-bond acceptors (Lipinski definition) is 3. The predicted molar refractivity (Wildman–Crippen MR) is 54.9 cm³/mol. The molecule has 0 saturated heterocycles. The van der Waals surface area contributed by atoms with E-state index in [4.69, 9.17) is 0 Å². The summed E-state index contributed by atoms with van der Waals surface area (Å²) in [5, 5.41) is 0. The molecular formula is C9H6BrN3O. The highest BCUT2D eigenvalue weighted by Crippen LogP contribution is 2.23. The van der Waals surface area contributed by atoms with Crippen LogP contribution in [0.5, 0.6) is 0 Å². The minimum Gasteiger partial charge on any atom is -0.336 e. The Bertz CT molecular complexity index is 467. The van der Waals surface area contributed by atoms with Crippen LogP contribution in [0.25, 0.3) is 11.4 Å². The molecule has 0 atom stereocenters. The zero-order valence-electron chi connectivity index (χ0n) is 7.07. The SMILES string of the molecule is O=Cc1cnc(-c2ccncc2Br)[nH]1. The Hall–Kier alpha value is -1.49. The summed E-state index contributed by atoms with van der Waals surface area (Å²) in [6, 6.07) is 1.82. The Morgan fingerprint density at radius 2 is 2.29 bits per heavy atom. The standard InChI is InChI=1S/C9H6BrN3O/c10-8-4-11-2-1-7(8)9-12-3-6(5-14)13-9/h1-5H,(H,12,13). The highest BCUT2D eigenvalue weighted by atomic mass is 79.9. The van der Waals surface area contributed by atoms with E-state index in [0.717, 1.165) is 16.3 Å². The number of pyridine rings is 1. The molecule has 0 aliphatic heterocycles. The van der Waals surface area contributed by atoms with Crippen LogP contribution in [0.1, 0.15) is 10.5 Å². The highest BCUT2D eigenvalue weighted by molar-refractivity contribution is 9.10. The molecule has 0 saturated carbocycles.